The highest BCUT2D eigenvalue weighted by Crippen LogP contribution is 2.54. The van der Waals surface area contributed by atoms with Crippen LogP contribution in [-0.2, 0) is 5.41 Å². The van der Waals surface area contributed by atoms with Crippen LogP contribution in [0.25, 0.3) is 66.6 Å². The lowest BCUT2D eigenvalue weighted by Crippen LogP contribution is -2.15. The quantitative estimate of drug-likeness (QED) is 0.230. The number of hydrogen-bond acceptors (Lipinski definition) is 2. The third-order valence-corrected chi connectivity index (χ3v) is 8.64. The average molecular weight is 525 g/mol. The van der Waals surface area contributed by atoms with E-state index in [4.69, 9.17) is 9.97 Å². The molecular weight excluding hydrogens is 496 g/mol. The van der Waals surface area contributed by atoms with Gasteiger partial charge in [-0.25, -0.2) is 9.97 Å². The first-order chi connectivity index (χ1) is 20.1. The number of para-hydroxylation sites is 2. The second kappa shape index (κ2) is 8.97. The normalized spacial score (nSPS) is 13.3. The van der Waals surface area contributed by atoms with E-state index in [9.17, 15) is 0 Å². The maximum atomic E-state index is 5.41. The Morgan fingerprint density at radius 2 is 1.10 bits per heavy atom. The van der Waals surface area contributed by atoms with Gasteiger partial charge in [-0.1, -0.05) is 123 Å². The van der Waals surface area contributed by atoms with Crippen LogP contribution in [0.15, 0.2) is 133 Å². The van der Waals surface area contributed by atoms with Gasteiger partial charge in [-0.05, 0) is 68.4 Å². The molecule has 1 heterocycles. The van der Waals surface area contributed by atoms with E-state index in [0.29, 0.717) is 0 Å². The van der Waals surface area contributed by atoms with Gasteiger partial charge in [0.2, 0.25) is 0 Å². The third kappa shape index (κ3) is 3.64. The average Bonchev–Trinajstić information content (AvgIpc) is 3.26. The zero-order valence-electron chi connectivity index (χ0n) is 23.1. The third-order valence-electron chi connectivity index (χ3n) is 8.64. The fraction of sp³-hybridized carbons (Fsp3) is 0.0769. The second-order valence-electron chi connectivity index (χ2n) is 11.4. The van der Waals surface area contributed by atoms with Crippen molar-refractivity contribution < 1.29 is 0 Å². The monoisotopic (exact) mass is 524 g/mol. The summed E-state index contributed by atoms with van der Waals surface area (Å²) in [5.41, 5.74) is 13.3. The zero-order chi connectivity index (χ0) is 27.6. The zero-order valence-corrected chi connectivity index (χ0v) is 23.1. The van der Waals surface area contributed by atoms with Gasteiger partial charge in [-0.3, -0.25) is 0 Å². The van der Waals surface area contributed by atoms with Crippen LogP contribution in [0.2, 0.25) is 0 Å². The maximum absolute atomic E-state index is 5.41. The molecule has 1 aliphatic carbocycles. The minimum Gasteiger partial charge on any atom is -0.244 e. The van der Waals surface area contributed by atoms with Crippen LogP contribution in [0.3, 0.4) is 0 Å². The van der Waals surface area contributed by atoms with Crippen molar-refractivity contribution in [3.63, 3.8) is 0 Å². The Morgan fingerprint density at radius 3 is 1.93 bits per heavy atom. The molecule has 0 radical (unpaired) electrons. The molecule has 2 nitrogen and oxygen atoms in total. The maximum Gasteiger partial charge on any atom is 0.0985 e. The summed E-state index contributed by atoms with van der Waals surface area (Å²) >= 11 is 0. The predicted octanol–water partition coefficient (Wildman–Crippen LogP) is 10.1. The van der Waals surface area contributed by atoms with Crippen molar-refractivity contribution in [1.29, 1.82) is 0 Å². The minimum absolute atomic E-state index is 0.123. The molecule has 7 aromatic rings. The summed E-state index contributed by atoms with van der Waals surface area (Å²) in [6, 6.07) is 47.4. The summed E-state index contributed by atoms with van der Waals surface area (Å²) in [5.74, 6) is 0. The van der Waals surface area contributed by atoms with E-state index in [1.807, 2.05) is 12.1 Å². The second-order valence-corrected chi connectivity index (χ2v) is 11.4. The van der Waals surface area contributed by atoms with E-state index in [-0.39, 0.29) is 5.41 Å². The molecule has 2 heteroatoms. The van der Waals surface area contributed by atoms with Crippen LogP contribution in [0, 0.1) is 0 Å². The molecule has 0 N–H and O–H groups in total. The molecule has 0 fully saturated rings. The van der Waals surface area contributed by atoms with Crippen LogP contribution >= 0.6 is 0 Å². The van der Waals surface area contributed by atoms with Crippen LogP contribution in [0.5, 0.6) is 0 Å². The lowest BCUT2D eigenvalue weighted by Gasteiger charge is -2.23. The Kier molecular flexibility index (Phi) is 5.20. The molecule has 8 rings (SSSR count). The van der Waals surface area contributed by atoms with Gasteiger partial charge in [-0.15, -0.1) is 0 Å². The predicted molar refractivity (Wildman–Crippen MR) is 171 cm³/mol. The van der Waals surface area contributed by atoms with Crippen molar-refractivity contribution in [2.24, 2.45) is 0 Å². The van der Waals surface area contributed by atoms with Gasteiger partial charge in [0.1, 0.15) is 0 Å². The molecule has 6 aromatic carbocycles. The van der Waals surface area contributed by atoms with Crippen LogP contribution < -0.4 is 0 Å². The van der Waals surface area contributed by atoms with Gasteiger partial charge in [0.25, 0.3) is 0 Å². The molecule has 0 spiro atoms. The molecule has 194 valence electrons. The first-order valence-electron chi connectivity index (χ1n) is 14.2. The fourth-order valence-electron chi connectivity index (χ4n) is 6.61. The Bertz CT molecular complexity index is 2120. The van der Waals surface area contributed by atoms with Crippen molar-refractivity contribution in [3.8, 4) is 44.8 Å². The van der Waals surface area contributed by atoms with E-state index in [0.717, 1.165) is 33.5 Å². The van der Waals surface area contributed by atoms with Gasteiger partial charge in [0.05, 0.1) is 22.4 Å². The minimum atomic E-state index is -0.123. The van der Waals surface area contributed by atoms with Gasteiger partial charge in [-0.2, -0.15) is 0 Å². The standard InChI is InChI=1S/C39H28N2/c1-39(2)31-20-9-8-19-30(31)35-32(39)24-27-15-6-7-18-29(27)36(35)38-37(40-33-21-10-11-22-34(33)41-38)28-17-12-16-26(23-28)25-13-4-3-5-14-25/h3-24H,1-2H3. The SMILES string of the molecule is CC1(C)c2ccccc2-c2c1cc1ccccc1c2-c1nc2ccccc2nc1-c1cccc(-c2ccccc2)c1. The first-order valence-corrected chi connectivity index (χ1v) is 14.2. The van der Waals surface area contributed by atoms with Crippen molar-refractivity contribution in [2.75, 3.05) is 0 Å². The number of aromatic nitrogens is 2. The molecular formula is C39H28N2. The number of nitrogens with zero attached hydrogens (tertiary/aromatic N) is 2. The van der Waals surface area contributed by atoms with E-state index in [2.05, 4.69) is 135 Å². The van der Waals surface area contributed by atoms with Crippen molar-refractivity contribution in [1.82, 2.24) is 9.97 Å². The van der Waals surface area contributed by atoms with Crippen molar-refractivity contribution in [3.05, 3.63) is 145 Å². The molecule has 1 aliphatic rings. The van der Waals surface area contributed by atoms with Crippen molar-refractivity contribution in [2.45, 2.75) is 19.3 Å². The molecule has 1 aromatic heterocycles. The smallest absolute Gasteiger partial charge is 0.0985 e. The molecule has 0 aliphatic heterocycles. The summed E-state index contributed by atoms with van der Waals surface area (Å²) in [5, 5.41) is 2.42. The van der Waals surface area contributed by atoms with Crippen molar-refractivity contribution >= 4 is 21.8 Å². The molecule has 0 saturated heterocycles. The molecule has 0 unspecified atom stereocenters. The molecule has 0 bridgehead atoms. The van der Waals surface area contributed by atoms with E-state index >= 15 is 0 Å². The highest BCUT2D eigenvalue weighted by atomic mass is 14.8. The Morgan fingerprint density at radius 1 is 0.463 bits per heavy atom. The van der Waals surface area contributed by atoms with E-state index in [1.54, 1.807) is 0 Å². The number of rotatable bonds is 3. The van der Waals surface area contributed by atoms with Gasteiger partial charge >= 0.3 is 0 Å². The molecule has 41 heavy (non-hydrogen) atoms. The van der Waals surface area contributed by atoms with E-state index in [1.165, 1.54) is 44.2 Å². The van der Waals surface area contributed by atoms with Gasteiger partial charge < -0.3 is 0 Å². The van der Waals surface area contributed by atoms with Crippen LogP contribution in [-0.4, -0.2) is 9.97 Å². The largest absolute Gasteiger partial charge is 0.244 e. The number of fused-ring (bicyclic) bond motifs is 5. The summed E-state index contributed by atoms with van der Waals surface area (Å²) in [4.78, 5) is 10.7. The molecule has 0 atom stereocenters. The summed E-state index contributed by atoms with van der Waals surface area (Å²) in [6.45, 7) is 4.68. The van der Waals surface area contributed by atoms with Crippen LogP contribution in [0.4, 0.5) is 0 Å². The topological polar surface area (TPSA) is 25.8 Å². The van der Waals surface area contributed by atoms with Gasteiger partial charge in [0.15, 0.2) is 0 Å². The fourth-order valence-corrected chi connectivity index (χ4v) is 6.61. The number of hydrogen-bond donors (Lipinski definition) is 0. The first kappa shape index (κ1) is 23.8. The summed E-state index contributed by atoms with van der Waals surface area (Å²) in [6.07, 6.45) is 0. The Labute approximate surface area is 240 Å². The van der Waals surface area contributed by atoms with Gasteiger partial charge in [0, 0.05) is 16.5 Å². The highest BCUT2D eigenvalue weighted by Gasteiger charge is 2.38. The lowest BCUT2D eigenvalue weighted by molar-refractivity contribution is 0.661. The van der Waals surface area contributed by atoms with E-state index < -0.39 is 0 Å². The lowest BCUT2D eigenvalue weighted by atomic mass is 9.80. The number of benzene rings is 6. The Balaban J connectivity index is 1.51. The highest BCUT2D eigenvalue weighted by molar-refractivity contribution is 6.10. The van der Waals surface area contributed by atoms with Crippen LogP contribution in [0.1, 0.15) is 25.0 Å². The Hall–Kier alpha value is -5.08. The summed E-state index contributed by atoms with van der Waals surface area (Å²) < 4.78 is 0. The molecule has 0 amide bonds. The summed E-state index contributed by atoms with van der Waals surface area (Å²) in [7, 11) is 0. The molecule has 0 saturated carbocycles.